The maximum absolute atomic E-state index is 13.3. The van der Waals surface area contributed by atoms with E-state index in [4.69, 9.17) is 14.2 Å². The summed E-state index contributed by atoms with van der Waals surface area (Å²) in [5.41, 5.74) is 0.566. The second-order valence-electron chi connectivity index (χ2n) is 6.32. The van der Waals surface area contributed by atoms with Crippen LogP contribution in [0.1, 0.15) is 35.0 Å². The van der Waals surface area contributed by atoms with Crippen LogP contribution in [0.4, 0.5) is 0 Å². The Morgan fingerprint density at radius 1 is 1.44 bits per heavy atom. The van der Waals surface area contributed by atoms with Crippen molar-refractivity contribution in [3.8, 4) is 11.5 Å². The third kappa shape index (κ3) is 5.03. The number of methoxy groups -OCH3 is 1. The Hall–Kier alpha value is -1.57. The quantitative estimate of drug-likeness (QED) is 0.578. The Labute approximate surface area is 172 Å². The molecule has 27 heavy (non-hydrogen) atoms. The van der Waals surface area contributed by atoms with Crippen LogP contribution in [-0.2, 0) is 11.3 Å². The molecule has 0 N–H and O–H groups in total. The first kappa shape index (κ1) is 20.2. The standard InChI is InChI=1S/C20H24BrNO4S/c1-3-25-19-17(21)10-14(11-18(19)24-2)20(23)22(12-15-6-4-8-26-15)13-16-7-5-9-27-16/h5,7,9-11,15H,3-4,6,8,12-13H2,1-2H3. The van der Waals surface area contributed by atoms with Gasteiger partial charge in [0.2, 0.25) is 0 Å². The van der Waals surface area contributed by atoms with Gasteiger partial charge in [0.1, 0.15) is 0 Å². The number of ether oxygens (including phenoxy) is 3. The van der Waals surface area contributed by atoms with Crippen LogP contribution in [0.25, 0.3) is 0 Å². The van der Waals surface area contributed by atoms with Crippen molar-refractivity contribution < 1.29 is 19.0 Å². The highest BCUT2D eigenvalue weighted by molar-refractivity contribution is 9.10. The van der Waals surface area contributed by atoms with Crippen molar-refractivity contribution in [3.63, 3.8) is 0 Å². The van der Waals surface area contributed by atoms with E-state index in [1.807, 2.05) is 23.3 Å². The number of carbonyl (C=O) groups is 1. The van der Waals surface area contributed by atoms with Crippen molar-refractivity contribution in [2.45, 2.75) is 32.4 Å². The van der Waals surface area contributed by atoms with Crippen LogP contribution < -0.4 is 9.47 Å². The lowest BCUT2D eigenvalue weighted by Crippen LogP contribution is -2.36. The molecule has 5 nitrogen and oxygen atoms in total. The third-order valence-electron chi connectivity index (χ3n) is 4.43. The van der Waals surface area contributed by atoms with Crippen LogP contribution in [0.2, 0.25) is 0 Å². The first-order valence-corrected chi connectivity index (χ1v) is 10.7. The molecule has 1 aliphatic rings. The first-order chi connectivity index (χ1) is 13.1. The van der Waals surface area contributed by atoms with E-state index >= 15 is 0 Å². The van der Waals surface area contributed by atoms with Gasteiger partial charge in [0.05, 0.1) is 30.8 Å². The first-order valence-electron chi connectivity index (χ1n) is 9.06. The predicted molar refractivity (Wildman–Crippen MR) is 110 cm³/mol. The number of amides is 1. The number of hydrogen-bond acceptors (Lipinski definition) is 5. The van der Waals surface area contributed by atoms with Gasteiger partial charge >= 0.3 is 0 Å². The second-order valence-corrected chi connectivity index (χ2v) is 8.21. The summed E-state index contributed by atoms with van der Waals surface area (Å²) >= 11 is 5.16. The fourth-order valence-electron chi connectivity index (χ4n) is 3.15. The van der Waals surface area contributed by atoms with Gasteiger partial charge in [-0.2, -0.15) is 0 Å². The predicted octanol–water partition coefficient (Wildman–Crippen LogP) is 4.74. The van der Waals surface area contributed by atoms with Crippen molar-refractivity contribution in [3.05, 3.63) is 44.6 Å². The zero-order chi connectivity index (χ0) is 19.2. The van der Waals surface area contributed by atoms with Crippen LogP contribution >= 0.6 is 27.3 Å². The molecule has 1 aromatic heterocycles. The highest BCUT2D eigenvalue weighted by Crippen LogP contribution is 2.37. The molecular weight excluding hydrogens is 430 g/mol. The van der Waals surface area contributed by atoms with E-state index in [2.05, 4.69) is 22.0 Å². The van der Waals surface area contributed by atoms with E-state index in [0.717, 1.165) is 24.3 Å². The lowest BCUT2D eigenvalue weighted by atomic mass is 10.1. The zero-order valence-electron chi connectivity index (χ0n) is 15.6. The molecule has 0 spiro atoms. The maximum Gasteiger partial charge on any atom is 0.254 e. The molecule has 0 bridgehead atoms. The van der Waals surface area contributed by atoms with Crippen LogP contribution in [0, 0.1) is 0 Å². The van der Waals surface area contributed by atoms with Gasteiger partial charge in [0.25, 0.3) is 5.91 Å². The lowest BCUT2D eigenvalue weighted by molar-refractivity contribution is 0.0509. The average Bonchev–Trinajstić information content (AvgIpc) is 3.36. The summed E-state index contributed by atoms with van der Waals surface area (Å²) in [6, 6.07) is 7.60. The van der Waals surface area contributed by atoms with Gasteiger partial charge in [0, 0.05) is 23.6 Å². The van der Waals surface area contributed by atoms with E-state index in [1.165, 1.54) is 0 Å². The Bertz CT molecular complexity index is 760. The highest BCUT2D eigenvalue weighted by atomic mass is 79.9. The molecule has 1 saturated heterocycles. The number of halogens is 1. The summed E-state index contributed by atoms with van der Waals surface area (Å²) in [4.78, 5) is 16.3. The number of carbonyl (C=O) groups excluding carboxylic acids is 1. The van der Waals surface area contributed by atoms with E-state index in [9.17, 15) is 4.79 Å². The summed E-state index contributed by atoms with van der Waals surface area (Å²) in [5.74, 6) is 1.11. The summed E-state index contributed by atoms with van der Waals surface area (Å²) in [6.07, 6.45) is 2.14. The molecule has 146 valence electrons. The van der Waals surface area contributed by atoms with E-state index < -0.39 is 0 Å². The normalized spacial score (nSPS) is 16.3. The molecule has 1 fully saturated rings. The van der Waals surface area contributed by atoms with E-state index in [0.29, 0.717) is 41.2 Å². The van der Waals surface area contributed by atoms with Gasteiger partial charge in [-0.05, 0) is 59.3 Å². The number of benzene rings is 1. The molecule has 3 rings (SSSR count). The van der Waals surface area contributed by atoms with Crippen molar-refractivity contribution >= 4 is 33.2 Å². The zero-order valence-corrected chi connectivity index (χ0v) is 18.0. The minimum absolute atomic E-state index is 0.0408. The number of thiophene rings is 1. The molecular formula is C20H24BrNO4S. The largest absolute Gasteiger partial charge is 0.493 e. The number of rotatable bonds is 8. The van der Waals surface area contributed by atoms with Gasteiger partial charge in [0.15, 0.2) is 11.5 Å². The summed E-state index contributed by atoms with van der Waals surface area (Å²) in [6.45, 7) is 4.36. The van der Waals surface area contributed by atoms with E-state index in [-0.39, 0.29) is 12.0 Å². The minimum Gasteiger partial charge on any atom is -0.493 e. The topological polar surface area (TPSA) is 48.0 Å². The van der Waals surface area contributed by atoms with Crippen LogP contribution in [0.5, 0.6) is 11.5 Å². The summed E-state index contributed by atoms with van der Waals surface area (Å²) in [7, 11) is 1.58. The monoisotopic (exact) mass is 453 g/mol. The molecule has 1 atom stereocenters. The molecule has 1 amide bonds. The second kappa shape index (κ2) is 9.57. The van der Waals surface area contributed by atoms with Crippen molar-refractivity contribution in [2.75, 3.05) is 26.9 Å². The third-order valence-corrected chi connectivity index (χ3v) is 5.88. The smallest absolute Gasteiger partial charge is 0.254 e. The fourth-order valence-corrected chi connectivity index (χ4v) is 4.43. The number of nitrogens with zero attached hydrogens (tertiary/aromatic N) is 1. The summed E-state index contributed by atoms with van der Waals surface area (Å²) < 4.78 is 17.5. The van der Waals surface area contributed by atoms with Crippen molar-refractivity contribution in [2.24, 2.45) is 0 Å². The Balaban J connectivity index is 1.86. The van der Waals surface area contributed by atoms with Gasteiger partial charge in [-0.15, -0.1) is 11.3 Å². The lowest BCUT2D eigenvalue weighted by Gasteiger charge is -2.25. The van der Waals surface area contributed by atoms with Crippen molar-refractivity contribution in [1.29, 1.82) is 0 Å². The Morgan fingerprint density at radius 3 is 2.93 bits per heavy atom. The van der Waals surface area contributed by atoms with Crippen LogP contribution in [-0.4, -0.2) is 43.8 Å². The average molecular weight is 454 g/mol. The van der Waals surface area contributed by atoms with Crippen LogP contribution in [0.15, 0.2) is 34.1 Å². The molecule has 2 heterocycles. The van der Waals surface area contributed by atoms with E-state index in [1.54, 1.807) is 30.6 Å². The molecule has 7 heteroatoms. The number of hydrogen-bond donors (Lipinski definition) is 0. The Kier molecular flexibility index (Phi) is 7.15. The fraction of sp³-hybridized carbons (Fsp3) is 0.450. The minimum atomic E-state index is -0.0408. The van der Waals surface area contributed by atoms with Crippen LogP contribution in [0.3, 0.4) is 0 Å². The molecule has 2 aromatic rings. The molecule has 0 aliphatic carbocycles. The summed E-state index contributed by atoms with van der Waals surface area (Å²) in [5, 5.41) is 2.03. The molecule has 0 saturated carbocycles. The SMILES string of the molecule is CCOc1c(Br)cc(C(=O)N(Cc2cccs2)CC2CCCO2)cc1OC. The van der Waals surface area contributed by atoms with Crippen molar-refractivity contribution in [1.82, 2.24) is 4.90 Å². The van der Waals surface area contributed by atoms with Gasteiger partial charge in [-0.3, -0.25) is 4.79 Å². The Morgan fingerprint density at radius 2 is 2.30 bits per heavy atom. The molecule has 1 aromatic carbocycles. The molecule has 0 radical (unpaired) electrons. The van der Waals surface area contributed by atoms with Gasteiger partial charge in [-0.25, -0.2) is 0 Å². The molecule has 1 aliphatic heterocycles. The highest BCUT2D eigenvalue weighted by Gasteiger charge is 2.25. The van der Waals surface area contributed by atoms with Gasteiger partial charge < -0.3 is 19.1 Å². The van der Waals surface area contributed by atoms with Gasteiger partial charge in [-0.1, -0.05) is 6.07 Å². The maximum atomic E-state index is 13.3. The molecule has 1 unspecified atom stereocenters.